The lowest BCUT2D eigenvalue weighted by Crippen LogP contribution is -2.44. The second-order valence-corrected chi connectivity index (χ2v) is 5.20. The molecular weight excluding hydrogens is 306 g/mol. The van der Waals surface area contributed by atoms with E-state index in [-0.39, 0.29) is 12.4 Å². The van der Waals surface area contributed by atoms with E-state index in [0.29, 0.717) is 24.7 Å². The Balaban J connectivity index is 0.00000176. The molecule has 1 aliphatic heterocycles. The quantitative estimate of drug-likeness (QED) is 0.931. The van der Waals surface area contributed by atoms with Crippen LogP contribution < -0.4 is 0 Å². The van der Waals surface area contributed by atoms with Crippen molar-refractivity contribution in [2.45, 2.75) is 31.8 Å². The fraction of sp³-hybridized carbons (Fsp3) is 0.400. The third-order valence-electron chi connectivity index (χ3n) is 3.73. The Morgan fingerprint density at radius 3 is 2.82 bits per heavy atom. The molecule has 0 aliphatic carbocycles. The molecule has 1 unspecified atom stereocenters. The second kappa shape index (κ2) is 7.38. The minimum Gasteiger partial charge on any atom is -0.480 e. The van der Waals surface area contributed by atoms with E-state index >= 15 is 0 Å². The van der Waals surface area contributed by atoms with Crippen LogP contribution in [0.15, 0.2) is 34.9 Å². The summed E-state index contributed by atoms with van der Waals surface area (Å²) in [6.07, 6.45) is 2.64. The molecule has 0 amide bonds. The number of halogens is 1. The molecule has 1 aliphatic rings. The van der Waals surface area contributed by atoms with E-state index in [9.17, 15) is 9.90 Å². The van der Waals surface area contributed by atoms with E-state index in [2.05, 4.69) is 10.1 Å². The lowest BCUT2D eigenvalue weighted by atomic mass is 10.0. The maximum Gasteiger partial charge on any atom is 0.320 e. The van der Waals surface area contributed by atoms with E-state index < -0.39 is 12.0 Å². The summed E-state index contributed by atoms with van der Waals surface area (Å²) in [6, 6.07) is 9.09. The number of likely N-dealkylation sites (tertiary alicyclic amines) is 1. The fourth-order valence-electron chi connectivity index (χ4n) is 2.66. The Morgan fingerprint density at radius 1 is 1.32 bits per heavy atom. The van der Waals surface area contributed by atoms with Crippen molar-refractivity contribution in [3.63, 3.8) is 0 Å². The molecule has 3 rings (SSSR count). The highest BCUT2D eigenvalue weighted by molar-refractivity contribution is 5.85. The molecule has 0 radical (unpaired) electrons. The maximum atomic E-state index is 11.3. The van der Waals surface area contributed by atoms with E-state index in [1.54, 1.807) is 0 Å². The van der Waals surface area contributed by atoms with Gasteiger partial charge in [0.05, 0.1) is 6.54 Å². The van der Waals surface area contributed by atoms with Crippen molar-refractivity contribution in [1.82, 2.24) is 15.0 Å². The standard InChI is InChI=1S/C15H17N3O3.ClH/c19-15(20)12-8-4-5-9-18(12)10-13-16-14(21-17-13)11-6-2-1-3-7-11;/h1-3,6-7,12H,4-5,8-10H2,(H,19,20);1H. The molecule has 0 bridgehead atoms. The zero-order valence-electron chi connectivity index (χ0n) is 12.0. The Hall–Kier alpha value is -1.92. The average molecular weight is 324 g/mol. The highest BCUT2D eigenvalue weighted by atomic mass is 35.5. The molecule has 1 fully saturated rings. The van der Waals surface area contributed by atoms with Gasteiger partial charge in [0.15, 0.2) is 5.82 Å². The van der Waals surface area contributed by atoms with Crippen LogP contribution in [0.3, 0.4) is 0 Å². The third kappa shape index (κ3) is 3.64. The van der Waals surface area contributed by atoms with Crippen molar-refractivity contribution in [3.8, 4) is 11.5 Å². The van der Waals surface area contributed by atoms with Gasteiger partial charge in [0.1, 0.15) is 6.04 Å². The molecule has 0 spiro atoms. The maximum absolute atomic E-state index is 11.3. The average Bonchev–Trinajstić information content (AvgIpc) is 2.97. The van der Waals surface area contributed by atoms with Crippen molar-refractivity contribution >= 4 is 18.4 Å². The summed E-state index contributed by atoms with van der Waals surface area (Å²) < 4.78 is 5.25. The zero-order valence-corrected chi connectivity index (χ0v) is 12.8. The first-order valence-corrected chi connectivity index (χ1v) is 7.09. The largest absolute Gasteiger partial charge is 0.480 e. The Morgan fingerprint density at radius 2 is 2.09 bits per heavy atom. The summed E-state index contributed by atoms with van der Waals surface area (Å²) in [7, 11) is 0. The SMILES string of the molecule is Cl.O=C(O)C1CCCCN1Cc1noc(-c2ccccc2)n1. The summed E-state index contributed by atoms with van der Waals surface area (Å²) in [5.74, 6) is 0.220. The number of hydrogen-bond acceptors (Lipinski definition) is 5. The summed E-state index contributed by atoms with van der Waals surface area (Å²) >= 11 is 0. The van der Waals surface area contributed by atoms with Gasteiger partial charge in [-0.2, -0.15) is 4.98 Å². The molecule has 2 aromatic rings. The van der Waals surface area contributed by atoms with Crippen molar-refractivity contribution in [2.24, 2.45) is 0 Å². The van der Waals surface area contributed by atoms with Gasteiger partial charge in [0.25, 0.3) is 5.89 Å². The first kappa shape index (κ1) is 16.5. The lowest BCUT2D eigenvalue weighted by Gasteiger charge is -2.31. The van der Waals surface area contributed by atoms with Crippen LogP contribution in [-0.2, 0) is 11.3 Å². The summed E-state index contributed by atoms with van der Waals surface area (Å²) in [5, 5.41) is 13.2. The molecule has 6 nitrogen and oxygen atoms in total. The molecule has 1 aromatic carbocycles. The minimum absolute atomic E-state index is 0. The number of benzene rings is 1. The van der Waals surface area contributed by atoms with Crippen LogP contribution in [0.4, 0.5) is 0 Å². The Labute approximate surface area is 134 Å². The molecule has 0 saturated carbocycles. The summed E-state index contributed by atoms with van der Waals surface area (Å²) in [4.78, 5) is 17.5. The number of carboxylic acid groups (broad SMARTS) is 1. The molecule has 118 valence electrons. The molecule has 1 atom stereocenters. The summed E-state index contributed by atoms with van der Waals surface area (Å²) in [5.41, 5.74) is 0.865. The second-order valence-electron chi connectivity index (χ2n) is 5.20. The number of hydrogen-bond donors (Lipinski definition) is 1. The van der Waals surface area contributed by atoms with Gasteiger partial charge in [-0.25, -0.2) is 0 Å². The predicted molar refractivity (Wildman–Crippen MR) is 82.7 cm³/mol. The van der Waals surface area contributed by atoms with E-state index in [1.807, 2.05) is 35.2 Å². The van der Waals surface area contributed by atoms with Crippen molar-refractivity contribution in [2.75, 3.05) is 6.54 Å². The van der Waals surface area contributed by atoms with Crippen LogP contribution in [0.1, 0.15) is 25.1 Å². The highest BCUT2D eigenvalue weighted by Crippen LogP contribution is 2.21. The Bertz CT molecular complexity index is 618. The summed E-state index contributed by atoms with van der Waals surface area (Å²) in [6.45, 7) is 1.17. The molecular formula is C15H18ClN3O3. The molecule has 1 aromatic heterocycles. The topological polar surface area (TPSA) is 79.5 Å². The van der Waals surface area contributed by atoms with Gasteiger partial charge in [-0.1, -0.05) is 29.8 Å². The van der Waals surface area contributed by atoms with E-state index in [1.165, 1.54) is 0 Å². The first-order valence-electron chi connectivity index (χ1n) is 7.09. The predicted octanol–water partition coefficient (Wildman–Crippen LogP) is 2.60. The van der Waals surface area contributed by atoms with Gasteiger partial charge in [-0.15, -0.1) is 12.4 Å². The minimum atomic E-state index is -0.776. The van der Waals surface area contributed by atoms with Crippen LogP contribution in [0.5, 0.6) is 0 Å². The fourth-order valence-corrected chi connectivity index (χ4v) is 2.66. The number of piperidine rings is 1. The van der Waals surface area contributed by atoms with Crippen LogP contribution >= 0.6 is 12.4 Å². The van der Waals surface area contributed by atoms with Gasteiger partial charge >= 0.3 is 5.97 Å². The van der Waals surface area contributed by atoms with Crippen LogP contribution in [0, 0.1) is 0 Å². The zero-order chi connectivity index (χ0) is 14.7. The van der Waals surface area contributed by atoms with Crippen molar-refractivity contribution in [1.29, 1.82) is 0 Å². The number of carbonyl (C=O) groups is 1. The first-order chi connectivity index (χ1) is 10.2. The van der Waals surface area contributed by atoms with Gasteiger partial charge in [-0.3, -0.25) is 9.69 Å². The monoisotopic (exact) mass is 323 g/mol. The molecule has 7 heteroatoms. The number of rotatable bonds is 4. The van der Waals surface area contributed by atoms with Crippen molar-refractivity contribution in [3.05, 3.63) is 36.2 Å². The lowest BCUT2D eigenvalue weighted by molar-refractivity contribution is -0.144. The number of nitrogens with zero attached hydrogens (tertiary/aromatic N) is 3. The van der Waals surface area contributed by atoms with Crippen LogP contribution in [0.2, 0.25) is 0 Å². The van der Waals surface area contributed by atoms with Crippen LogP contribution in [0.25, 0.3) is 11.5 Å². The number of aromatic nitrogens is 2. The molecule has 1 N–H and O–H groups in total. The van der Waals surface area contributed by atoms with Gasteiger partial charge in [0.2, 0.25) is 0 Å². The normalized spacial score (nSPS) is 18.6. The van der Waals surface area contributed by atoms with Gasteiger partial charge < -0.3 is 9.63 Å². The number of carboxylic acids is 1. The Kier molecular flexibility index (Phi) is 5.51. The van der Waals surface area contributed by atoms with E-state index in [4.69, 9.17) is 4.52 Å². The smallest absolute Gasteiger partial charge is 0.320 e. The van der Waals surface area contributed by atoms with E-state index in [0.717, 1.165) is 24.9 Å². The third-order valence-corrected chi connectivity index (χ3v) is 3.73. The van der Waals surface area contributed by atoms with Crippen LogP contribution in [-0.4, -0.2) is 38.7 Å². The number of aliphatic carboxylic acids is 1. The van der Waals surface area contributed by atoms with Gasteiger partial charge in [0, 0.05) is 5.56 Å². The molecule has 2 heterocycles. The van der Waals surface area contributed by atoms with Crippen molar-refractivity contribution < 1.29 is 14.4 Å². The molecule has 22 heavy (non-hydrogen) atoms. The van der Waals surface area contributed by atoms with Gasteiger partial charge in [-0.05, 0) is 31.5 Å². The highest BCUT2D eigenvalue weighted by Gasteiger charge is 2.29. The molecule has 1 saturated heterocycles.